The highest BCUT2D eigenvalue weighted by Crippen LogP contribution is 2.27. The lowest BCUT2D eigenvalue weighted by molar-refractivity contribution is 0.208. The first-order chi connectivity index (χ1) is 16.0. The topological polar surface area (TPSA) is 61.4 Å². The molecule has 1 fully saturated rings. The number of aryl methyl sites for hydroxylation is 3. The summed E-state index contributed by atoms with van der Waals surface area (Å²) in [5.74, 6) is 1.76. The molecule has 2 amide bonds. The van der Waals surface area contributed by atoms with Crippen LogP contribution in [-0.4, -0.2) is 47.1 Å². The van der Waals surface area contributed by atoms with Crippen molar-refractivity contribution in [1.29, 1.82) is 0 Å². The molecule has 3 aromatic rings. The molecule has 0 spiro atoms. The Morgan fingerprint density at radius 3 is 2.33 bits per heavy atom. The third-order valence-corrected chi connectivity index (χ3v) is 6.31. The largest absolute Gasteiger partial charge is 0.353 e. The van der Waals surface area contributed by atoms with Crippen molar-refractivity contribution in [3.05, 3.63) is 70.9 Å². The Hall–Kier alpha value is -3.41. The van der Waals surface area contributed by atoms with Gasteiger partial charge in [0.1, 0.15) is 5.82 Å². The Balaban J connectivity index is 1.48. The van der Waals surface area contributed by atoms with Gasteiger partial charge in [0.25, 0.3) is 0 Å². The molecule has 2 heterocycles. The predicted octanol–water partition coefficient (Wildman–Crippen LogP) is 5.24. The Labute approximate surface area is 196 Å². The Morgan fingerprint density at radius 2 is 1.67 bits per heavy atom. The van der Waals surface area contributed by atoms with E-state index >= 15 is 0 Å². The molecule has 0 radical (unpaired) electrons. The highest BCUT2D eigenvalue weighted by Gasteiger charge is 2.25. The van der Waals surface area contributed by atoms with Crippen LogP contribution >= 0.6 is 0 Å². The van der Waals surface area contributed by atoms with E-state index in [4.69, 9.17) is 9.97 Å². The second-order valence-electron chi connectivity index (χ2n) is 8.61. The van der Waals surface area contributed by atoms with Crippen molar-refractivity contribution >= 4 is 17.5 Å². The molecule has 0 bridgehead atoms. The van der Waals surface area contributed by atoms with Gasteiger partial charge in [-0.25, -0.2) is 14.8 Å². The maximum Gasteiger partial charge on any atom is 0.321 e. The van der Waals surface area contributed by atoms with Gasteiger partial charge in [0, 0.05) is 48.7 Å². The number of piperazine rings is 1. The summed E-state index contributed by atoms with van der Waals surface area (Å²) >= 11 is 0. The van der Waals surface area contributed by atoms with E-state index in [0.29, 0.717) is 13.1 Å². The number of rotatable bonds is 5. The zero-order chi connectivity index (χ0) is 23.4. The number of nitrogens with zero attached hydrogens (tertiary/aromatic N) is 4. The van der Waals surface area contributed by atoms with E-state index in [9.17, 15) is 4.79 Å². The zero-order valence-corrected chi connectivity index (χ0v) is 20.1. The monoisotopic (exact) mass is 443 g/mol. The normalized spacial score (nSPS) is 13.8. The molecule has 6 heteroatoms. The van der Waals surface area contributed by atoms with Gasteiger partial charge >= 0.3 is 6.03 Å². The van der Waals surface area contributed by atoms with E-state index < -0.39 is 0 Å². The first-order valence-electron chi connectivity index (χ1n) is 11.8. The van der Waals surface area contributed by atoms with Crippen LogP contribution in [-0.2, 0) is 12.8 Å². The number of anilines is 2. The molecule has 172 valence electrons. The molecule has 1 aliphatic rings. The van der Waals surface area contributed by atoms with E-state index in [2.05, 4.69) is 68.2 Å². The number of urea groups is 1. The summed E-state index contributed by atoms with van der Waals surface area (Å²) in [6.45, 7) is 11.2. The van der Waals surface area contributed by atoms with Crippen molar-refractivity contribution in [2.75, 3.05) is 36.4 Å². The maximum absolute atomic E-state index is 12.8. The Morgan fingerprint density at radius 1 is 0.939 bits per heavy atom. The van der Waals surface area contributed by atoms with Gasteiger partial charge in [-0.05, 0) is 44.4 Å². The van der Waals surface area contributed by atoms with Crippen LogP contribution in [0.3, 0.4) is 0 Å². The van der Waals surface area contributed by atoms with Crippen molar-refractivity contribution in [3.8, 4) is 11.4 Å². The van der Waals surface area contributed by atoms with Gasteiger partial charge in [0.05, 0.1) is 0 Å². The Kier molecular flexibility index (Phi) is 6.92. The minimum Gasteiger partial charge on any atom is -0.353 e. The molecular formula is C27H33N5O. The van der Waals surface area contributed by atoms with Crippen molar-refractivity contribution in [3.63, 3.8) is 0 Å². The van der Waals surface area contributed by atoms with Crippen LogP contribution in [0.2, 0.25) is 0 Å². The molecule has 1 N–H and O–H groups in total. The molecule has 0 atom stereocenters. The predicted molar refractivity (Wildman–Crippen MR) is 135 cm³/mol. The standard InChI is InChI=1S/C27H33N5O/c1-5-21-8-7-9-23(18-21)29-27(33)32-16-14-31(15-17-32)26-24(6-2)20(4)28-25(30-26)22-12-10-19(3)11-13-22/h7-13,18H,5-6,14-17H2,1-4H3,(H,29,33). The van der Waals surface area contributed by atoms with Crippen molar-refractivity contribution in [2.45, 2.75) is 40.5 Å². The van der Waals surface area contributed by atoms with Gasteiger partial charge in [0.2, 0.25) is 0 Å². The lowest BCUT2D eigenvalue weighted by Gasteiger charge is -2.36. The van der Waals surface area contributed by atoms with Crippen LogP contribution in [0.15, 0.2) is 48.5 Å². The molecule has 1 aromatic heterocycles. The summed E-state index contributed by atoms with van der Waals surface area (Å²) in [4.78, 5) is 26.8. The van der Waals surface area contributed by atoms with E-state index in [1.165, 1.54) is 16.7 Å². The molecule has 1 saturated heterocycles. The average Bonchev–Trinajstić information content (AvgIpc) is 2.84. The van der Waals surface area contributed by atoms with Gasteiger partial charge in [-0.2, -0.15) is 0 Å². The summed E-state index contributed by atoms with van der Waals surface area (Å²) in [6.07, 6.45) is 1.83. The molecule has 0 unspecified atom stereocenters. The van der Waals surface area contributed by atoms with Crippen LogP contribution in [0.5, 0.6) is 0 Å². The van der Waals surface area contributed by atoms with Gasteiger partial charge in [0.15, 0.2) is 5.82 Å². The number of aromatic nitrogens is 2. The van der Waals surface area contributed by atoms with Crippen LogP contribution in [0, 0.1) is 13.8 Å². The first kappa shape index (κ1) is 22.8. The van der Waals surface area contributed by atoms with Crippen LogP contribution in [0.1, 0.15) is 36.2 Å². The van der Waals surface area contributed by atoms with E-state index in [1.54, 1.807) is 0 Å². The summed E-state index contributed by atoms with van der Waals surface area (Å²) in [5, 5.41) is 3.05. The first-order valence-corrected chi connectivity index (χ1v) is 11.8. The van der Waals surface area contributed by atoms with Gasteiger partial charge < -0.3 is 15.1 Å². The molecule has 33 heavy (non-hydrogen) atoms. The number of benzene rings is 2. The molecule has 0 saturated carbocycles. The highest BCUT2D eigenvalue weighted by atomic mass is 16.2. The molecule has 1 aliphatic heterocycles. The van der Waals surface area contributed by atoms with Crippen molar-refractivity contribution in [2.24, 2.45) is 0 Å². The summed E-state index contributed by atoms with van der Waals surface area (Å²) in [6, 6.07) is 16.3. The lowest BCUT2D eigenvalue weighted by atomic mass is 10.1. The third kappa shape index (κ3) is 5.16. The zero-order valence-electron chi connectivity index (χ0n) is 20.1. The minimum absolute atomic E-state index is 0.0437. The second kappa shape index (κ2) is 10.0. The van der Waals surface area contributed by atoms with Crippen LogP contribution in [0.25, 0.3) is 11.4 Å². The summed E-state index contributed by atoms with van der Waals surface area (Å²) < 4.78 is 0. The van der Waals surface area contributed by atoms with E-state index in [1.807, 2.05) is 23.1 Å². The Bertz CT molecular complexity index is 1120. The fourth-order valence-electron chi connectivity index (χ4n) is 4.28. The second-order valence-corrected chi connectivity index (χ2v) is 8.61. The van der Waals surface area contributed by atoms with Crippen LogP contribution < -0.4 is 10.2 Å². The number of nitrogens with one attached hydrogen (secondary N) is 1. The fraction of sp³-hybridized carbons (Fsp3) is 0.370. The molecule has 6 nitrogen and oxygen atoms in total. The average molecular weight is 444 g/mol. The van der Waals surface area contributed by atoms with E-state index in [0.717, 1.165) is 54.5 Å². The summed E-state index contributed by atoms with van der Waals surface area (Å²) in [7, 11) is 0. The smallest absolute Gasteiger partial charge is 0.321 e. The number of carbonyl (C=O) groups is 1. The van der Waals surface area contributed by atoms with Crippen molar-refractivity contribution < 1.29 is 4.79 Å². The van der Waals surface area contributed by atoms with E-state index in [-0.39, 0.29) is 6.03 Å². The minimum atomic E-state index is -0.0437. The van der Waals surface area contributed by atoms with Gasteiger partial charge in [-0.3, -0.25) is 0 Å². The number of carbonyl (C=O) groups excluding carboxylic acids is 1. The lowest BCUT2D eigenvalue weighted by Crippen LogP contribution is -2.50. The number of amides is 2. The molecular weight excluding hydrogens is 410 g/mol. The van der Waals surface area contributed by atoms with Crippen molar-refractivity contribution in [1.82, 2.24) is 14.9 Å². The SMILES string of the molecule is CCc1cccc(NC(=O)N2CCN(c3nc(-c4ccc(C)cc4)nc(C)c3CC)CC2)c1. The fourth-order valence-corrected chi connectivity index (χ4v) is 4.28. The van der Waals surface area contributed by atoms with Gasteiger partial charge in [-0.15, -0.1) is 0 Å². The molecule has 0 aliphatic carbocycles. The third-order valence-electron chi connectivity index (χ3n) is 6.31. The summed E-state index contributed by atoms with van der Waals surface area (Å²) in [5.41, 5.74) is 6.52. The number of hydrogen-bond donors (Lipinski definition) is 1. The van der Waals surface area contributed by atoms with Crippen LogP contribution in [0.4, 0.5) is 16.3 Å². The molecule has 4 rings (SSSR count). The van der Waals surface area contributed by atoms with Gasteiger partial charge in [-0.1, -0.05) is 55.8 Å². The molecule has 2 aromatic carbocycles. The maximum atomic E-state index is 12.8. The quantitative estimate of drug-likeness (QED) is 0.586. The number of hydrogen-bond acceptors (Lipinski definition) is 4. The highest BCUT2D eigenvalue weighted by molar-refractivity contribution is 5.89.